The van der Waals surface area contributed by atoms with Gasteiger partial charge in [-0.2, -0.15) is 0 Å². The van der Waals surface area contributed by atoms with E-state index < -0.39 is 0 Å². The number of hydrogen-bond donors (Lipinski definition) is 0. The van der Waals surface area contributed by atoms with E-state index in [1.165, 1.54) is 115 Å². The van der Waals surface area contributed by atoms with Crippen LogP contribution in [0, 0.1) is 0 Å². The fraction of sp³-hybridized carbons (Fsp3) is 0.316. The summed E-state index contributed by atoms with van der Waals surface area (Å²) in [5.74, 6) is 0. The van der Waals surface area contributed by atoms with Gasteiger partial charge in [-0.1, -0.05) is 234 Å². The Morgan fingerprint density at radius 1 is 0.282 bits per heavy atom. The van der Waals surface area contributed by atoms with Gasteiger partial charge in [0.25, 0.3) is 0 Å². The molecule has 11 aromatic rings. The lowest BCUT2D eigenvalue weighted by atomic mass is 9.79. The zero-order valence-electron chi connectivity index (χ0n) is 50.1. The molecule has 11 rings (SSSR count). The molecule has 0 fully saturated rings. The molecule has 2 heteroatoms. The molecule has 1 heterocycles. The van der Waals surface area contributed by atoms with Crippen molar-refractivity contribution in [1.82, 2.24) is 4.57 Å². The molecular formula is C76H82N2. The molecule has 10 aromatic carbocycles. The Kier molecular flexibility index (Phi) is 12.3. The highest BCUT2D eigenvalue weighted by molar-refractivity contribution is 6.27. The number of rotatable bonds is 6. The van der Waals surface area contributed by atoms with Gasteiger partial charge in [0.05, 0.1) is 28.1 Å². The van der Waals surface area contributed by atoms with Gasteiger partial charge in [0.15, 0.2) is 0 Å². The van der Waals surface area contributed by atoms with E-state index in [0.29, 0.717) is 0 Å². The van der Waals surface area contributed by atoms with Crippen molar-refractivity contribution >= 4 is 71.2 Å². The van der Waals surface area contributed by atoms with Gasteiger partial charge in [-0.15, -0.1) is 0 Å². The van der Waals surface area contributed by atoms with E-state index >= 15 is 0 Å². The Morgan fingerprint density at radius 2 is 0.692 bits per heavy atom. The Labute approximate surface area is 466 Å². The maximum absolute atomic E-state index is 2.55. The first-order valence-electron chi connectivity index (χ1n) is 28.6. The van der Waals surface area contributed by atoms with E-state index in [9.17, 15) is 0 Å². The minimum absolute atomic E-state index is 0.00943. The van der Waals surface area contributed by atoms with Crippen molar-refractivity contribution in [2.75, 3.05) is 4.90 Å². The number of fused-ring (bicyclic) bond motifs is 3. The number of aromatic nitrogens is 1. The van der Waals surface area contributed by atoms with Crippen molar-refractivity contribution in [3.63, 3.8) is 0 Å². The molecule has 0 aliphatic heterocycles. The minimum atomic E-state index is -0.0615. The van der Waals surface area contributed by atoms with Crippen LogP contribution in [0.25, 0.3) is 82.1 Å². The maximum atomic E-state index is 2.55. The zero-order chi connectivity index (χ0) is 55.8. The molecule has 0 aliphatic carbocycles. The second-order valence-corrected chi connectivity index (χ2v) is 28.9. The molecule has 0 radical (unpaired) electrons. The van der Waals surface area contributed by atoms with Gasteiger partial charge in [-0.05, 0) is 165 Å². The van der Waals surface area contributed by atoms with Gasteiger partial charge in [0.2, 0.25) is 0 Å². The first-order valence-corrected chi connectivity index (χ1v) is 28.6. The van der Waals surface area contributed by atoms with E-state index in [-0.39, 0.29) is 32.5 Å². The van der Waals surface area contributed by atoms with Crippen molar-refractivity contribution < 1.29 is 0 Å². The first kappa shape index (κ1) is 52.9. The molecular weight excluding hydrogens is 941 g/mol. The maximum Gasteiger partial charge on any atom is 0.0541 e. The topological polar surface area (TPSA) is 8.17 Å². The number of hydrogen-bond acceptors (Lipinski definition) is 1. The lowest BCUT2D eigenvalue weighted by Crippen LogP contribution is -2.16. The van der Waals surface area contributed by atoms with E-state index in [0.717, 1.165) is 17.1 Å². The van der Waals surface area contributed by atoms with Crippen LogP contribution in [-0.2, 0) is 32.5 Å². The normalized spacial score (nSPS) is 13.3. The van der Waals surface area contributed by atoms with Gasteiger partial charge >= 0.3 is 0 Å². The van der Waals surface area contributed by atoms with Crippen molar-refractivity contribution in [2.45, 2.75) is 157 Å². The van der Waals surface area contributed by atoms with Crippen molar-refractivity contribution in [2.24, 2.45) is 0 Å². The zero-order valence-corrected chi connectivity index (χ0v) is 50.1. The first-order chi connectivity index (χ1) is 36.4. The van der Waals surface area contributed by atoms with E-state index in [1.807, 2.05) is 0 Å². The van der Waals surface area contributed by atoms with Crippen molar-refractivity contribution in [3.8, 4) is 27.9 Å². The number of benzene rings is 10. The van der Waals surface area contributed by atoms with Gasteiger partial charge in [0, 0.05) is 32.8 Å². The summed E-state index contributed by atoms with van der Waals surface area (Å²) in [6, 6.07) is 66.4. The summed E-state index contributed by atoms with van der Waals surface area (Å²) >= 11 is 0. The SMILES string of the molecule is CC(C)(C)c1ccc(N(c2ccc(C(C)(C)C)cc2-c2ccc(-c3cc(C(C)(C)C)cc(C(C)(C)C)c3)cc2)c2ccc3ccc4c(-n5c6ccc(C(C)(C)C)cc6c6cc(C(C)(C)C)ccc65)ccc5ccc2c3c54)cc1. The van der Waals surface area contributed by atoms with Crippen LogP contribution in [0.4, 0.5) is 17.1 Å². The molecule has 0 amide bonds. The summed E-state index contributed by atoms with van der Waals surface area (Å²) in [5, 5.41) is 10.1. The predicted molar refractivity (Wildman–Crippen MR) is 342 cm³/mol. The second kappa shape index (κ2) is 18.2. The molecule has 0 bridgehead atoms. The monoisotopic (exact) mass is 1020 g/mol. The van der Waals surface area contributed by atoms with E-state index in [4.69, 9.17) is 0 Å². The molecule has 2 nitrogen and oxygen atoms in total. The Bertz CT molecular complexity index is 3990. The average molecular weight is 1020 g/mol. The van der Waals surface area contributed by atoms with Crippen LogP contribution >= 0.6 is 0 Å². The lowest BCUT2D eigenvalue weighted by Gasteiger charge is -2.32. The summed E-state index contributed by atoms with van der Waals surface area (Å²) in [6.45, 7) is 41.7. The van der Waals surface area contributed by atoms with Crippen LogP contribution in [0.2, 0.25) is 0 Å². The highest BCUT2D eigenvalue weighted by Crippen LogP contribution is 2.49. The molecule has 78 heavy (non-hydrogen) atoms. The standard InChI is InChI=1S/C76H82N2/c1-71(2,3)52-27-32-58(33-28-52)77(66-38-29-53(72(4,5)6)44-61(66)48-21-19-47(20-22-48)51-41-56(75(13,14)15)43-57(42-51)76(16,17)18)64-36-25-49-24-35-60-65(37-26-50-23-34-59(64)69(49)70(50)60)78-67-39-30-54(73(7,8)9)45-62(67)63-46-55(74(10,11)12)31-40-68(63)78/h19-46H,1-18H3. The molecule has 1 aromatic heterocycles. The Balaban J connectivity index is 1.14. The second-order valence-electron chi connectivity index (χ2n) is 28.9. The van der Waals surface area contributed by atoms with E-state index in [2.05, 4.69) is 304 Å². The highest BCUT2D eigenvalue weighted by atomic mass is 15.1. The summed E-state index contributed by atoms with van der Waals surface area (Å²) in [4.78, 5) is 2.55. The molecule has 0 saturated carbocycles. The largest absolute Gasteiger partial charge is 0.309 e. The number of nitrogens with zero attached hydrogens (tertiary/aromatic N) is 2. The van der Waals surface area contributed by atoms with Crippen LogP contribution in [0.1, 0.15) is 158 Å². The van der Waals surface area contributed by atoms with Crippen molar-refractivity contribution in [3.05, 3.63) is 203 Å². The molecule has 396 valence electrons. The lowest BCUT2D eigenvalue weighted by molar-refractivity contribution is 0.569. The van der Waals surface area contributed by atoms with Gasteiger partial charge in [0.1, 0.15) is 0 Å². The predicted octanol–water partition coefficient (Wildman–Crippen LogP) is 22.3. The van der Waals surface area contributed by atoms with Crippen LogP contribution in [-0.4, -0.2) is 4.57 Å². The third kappa shape index (κ3) is 9.37. The fourth-order valence-corrected chi connectivity index (χ4v) is 11.8. The Morgan fingerprint density at radius 3 is 1.21 bits per heavy atom. The van der Waals surface area contributed by atoms with Crippen LogP contribution < -0.4 is 4.90 Å². The third-order valence-electron chi connectivity index (χ3n) is 16.9. The van der Waals surface area contributed by atoms with Gasteiger partial charge in [-0.25, -0.2) is 0 Å². The molecule has 0 atom stereocenters. The molecule has 0 spiro atoms. The van der Waals surface area contributed by atoms with Crippen LogP contribution in [0.15, 0.2) is 170 Å². The summed E-state index contributed by atoms with van der Waals surface area (Å²) in [6.07, 6.45) is 0. The highest BCUT2D eigenvalue weighted by Gasteiger charge is 2.28. The van der Waals surface area contributed by atoms with Crippen molar-refractivity contribution in [1.29, 1.82) is 0 Å². The molecule has 0 aliphatic rings. The molecule has 0 saturated heterocycles. The van der Waals surface area contributed by atoms with Crippen LogP contribution in [0.5, 0.6) is 0 Å². The quantitative estimate of drug-likeness (QED) is 0.151. The van der Waals surface area contributed by atoms with Crippen LogP contribution in [0.3, 0.4) is 0 Å². The summed E-state index contributed by atoms with van der Waals surface area (Å²) < 4.78 is 2.54. The van der Waals surface area contributed by atoms with Gasteiger partial charge in [-0.3, -0.25) is 0 Å². The smallest absolute Gasteiger partial charge is 0.0541 e. The van der Waals surface area contributed by atoms with Gasteiger partial charge < -0.3 is 9.47 Å². The van der Waals surface area contributed by atoms with E-state index in [1.54, 1.807) is 0 Å². The number of anilines is 3. The third-order valence-corrected chi connectivity index (χ3v) is 16.9. The minimum Gasteiger partial charge on any atom is -0.309 e. The summed E-state index contributed by atoms with van der Waals surface area (Å²) in [5.41, 5.74) is 20.1. The average Bonchev–Trinajstić information content (AvgIpc) is 3.89. The fourth-order valence-electron chi connectivity index (χ4n) is 11.8. The molecule has 0 unspecified atom stereocenters. The molecule has 0 N–H and O–H groups in total. The Hall–Kier alpha value is -7.16. The summed E-state index contributed by atoms with van der Waals surface area (Å²) in [7, 11) is 0.